The molecule has 1 unspecified atom stereocenters. The van der Waals surface area contributed by atoms with Gasteiger partial charge >= 0.3 is 12.4 Å². The number of nitrogens with one attached hydrogen (secondary N) is 1. The van der Waals surface area contributed by atoms with Crippen molar-refractivity contribution in [3.63, 3.8) is 0 Å². The van der Waals surface area contributed by atoms with E-state index in [-0.39, 0.29) is 22.7 Å². The molecule has 0 saturated carbocycles. The van der Waals surface area contributed by atoms with E-state index in [1.54, 1.807) is 0 Å². The number of hydrogen-bond donors (Lipinski definition) is 2. The van der Waals surface area contributed by atoms with Crippen molar-refractivity contribution in [3.8, 4) is 5.75 Å². The van der Waals surface area contributed by atoms with E-state index < -0.39 is 48.4 Å². The molecule has 0 spiro atoms. The van der Waals surface area contributed by atoms with Crippen molar-refractivity contribution < 1.29 is 40.6 Å². The standard InChI is InChI=1S/C20H22F7NO2/c1-17(2,15-8-12(21)4-7-16(15)30-3)11-18(29,20(25,26)27)9-13-5-6-14(28-13)10-19(22,23)24/h4-8,28-29H,9-11H2,1-3H3. The Morgan fingerprint density at radius 3 is 2.00 bits per heavy atom. The molecule has 168 valence electrons. The molecule has 0 amide bonds. The van der Waals surface area contributed by atoms with Crippen LogP contribution in [0.5, 0.6) is 5.75 Å². The fourth-order valence-corrected chi connectivity index (χ4v) is 3.53. The average molecular weight is 441 g/mol. The Morgan fingerprint density at radius 2 is 1.50 bits per heavy atom. The van der Waals surface area contributed by atoms with Gasteiger partial charge in [-0.3, -0.25) is 0 Å². The molecule has 1 atom stereocenters. The zero-order valence-electron chi connectivity index (χ0n) is 16.5. The van der Waals surface area contributed by atoms with Gasteiger partial charge in [-0.25, -0.2) is 4.39 Å². The second-order valence-electron chi connectivity index (χ2n) is 7.91. The van der Waals surface area contributed by atoms with Gasteiger partial charge in [-0.1, -0.05) is 13.8 Å². The Kier molecular flexibility index (Phi) is 6.51. The number of H-pyrrole nitrogens is 1. The summed E-state index contributed by atoms with van der Waals surface area (Å²) in [7, 11) is 1.28. The lowest BCUT2D eigenvalue weighted by Gasteiger charge is -2.38. The minimum absolute atomic E-state index is 0.122. The summed E-state index contributed by atoms with van der Waals surface area (Å²) in [6.45, 7) is 2.79. The van der Waals surface area contributed by atoms with E-state index >= 15 is 0 Å². The number of aliphatic hydroxyl groups is 1. The quantitative estimate of drug-likeness (QED) is 0.560. The fourth-order valence-electron chi connectivity index (χ4n) is 3.53. The summed E-state index contributed by atoms with van der Waals surface area (Å²) in [4.78, 5) is 2.29. The summed E-state index contributed by atoms with van der Waals surface area (Å²) >= 11 is 0. The van der Waals surface area contributed by atoms with Crippen molar-refractivity contribution in [1.82, 2.24) is 4.98 Å². The summed E-state index contributed by atoms with van der Waals surface area (Å²) < 4.78 is 97.8. The van der Waals surface area contributed by atoms with Crippen molar-refractivity contribution in [2.24, 2.45) is 0 Å². The number of aromatic nitrogens is 1. The smallest absolute Gasteiger partial charge is 0.417 e. The van der Waals surface area contributed by atoms with Crippen LogP contribution in [0.1, 0.15) is 37.2 Å². The highest BCUT2D eigenvalue weighted by atomic mass is 19.4. The van der Waals surface area contributed by atoms with Crippen LogP contribution in [0.4, 0.5) is 30.7 Å². The van der Waals surface area contributed by atoms with E-state index in [1.165, 1.54) is 27.0 Å². The van der Waals surface area contributed by atoms with Crippen LogP contribution in [0.15, 0.2) is 30.3 Å². The molecule has 0 aliphatic carbocycles. The van der Waals surface area contributed by atoms with Crippen LogP contribution in [0.2, 0.25) is 0 Å². The molecule has 0 bridgehead atoms. The normalized spacial score (nSPS) is 15.2. The molecule has 3 nitrogen and oxygen atoms in total. The lowest BCUT2D eigenvalue weighted by atomic mass is 9.73. The number of rotatable bonds is 7. The number of hydrogen-bond acceptors (Lipinski definition) is 2. The van der Waals surface area contributed by atoms with E-state index in [9.17, 15) is 35.8 Å². The fraction of sp³-hybridized carbons (Fsp3) is 0.500. The third kappa shape index (κ3) is 5.68. The Morgan fingerprint density at radius 1 is 0.933 bits per heavy atom. The predicted octanol–water partition coefficient (Wildman–Crippen LogP) is 5.47. The third-order valence-corrected chi connectivity index (χ3v) is 4.83. The average Bonchev–Trinajstić information content (AvgIpc) is 2.97. The molecule has 0 radical (unpaired) electrons. The Balaban J connectivity index is 2.37. The molecule has 0 fully saturated rings. The van der Waals surface area contributed by atoms with Crippen molar-refractivity contribution in [2.45, 2.75) is 56.5 Å². The van der Waals surface area contributed by atoms with Crippen LogP contribution < -0.4 is 4.74 Å². The molecule has 0 aliphatic rings. The molecule has 10 heteroatoms. The molecule has 1 heterocycles. The minimum atomic E-state index is -5.10. The largest absolute Gasteiger partial charge is 0.496 e. The van der Waals surface area contributed by atoms with Crippen molar-refractivity contribution in [2.75, 3.05) is 7.11 Å². The molecule has 2 aromatic rings. The highest BCUT2D eigenvalue weighted by molar-refractivity contribution is 5.40. The van der Waals surface area contributed by atoms with Crippen LogP contribution in [-0.2, 0) is 18.3 Å². The molecule has 0 saturated heterocycles. The summed E-state index contributed by atoms with van der Waals surface area (Å²) in [6.07, 6.45) is -12.8. The Labute approximate surface area is 168 Å². The van der Waals surface area contributed by atoms with Crippen LogP contribution in [0.3, 0.4) is 0 Å². The van der Waals surface area contributed by atoms with Gasteiger partial charge in [0.25, 0.3) is 0 Å². The topological polar surface area (TPSA) is 45.2 Å². The molecule has 30 heavy (non-hydrogen) atoms. The van der Waals surface area contributed by atoms with E-state index in [0.29, 0.717) is 0 Å². The van der Waals surface area contributed by atoms with Gasteiger partial charge in [0, 0.05) is 23.4 Å². The first-order chi connectivity index (χ1) is 13.6. The molecule has 1 aromatic heterocycles. The molecular weight excluding hydrogens is 419 g/mol. The number of ether oxygens (including phenoxy) is 1. The van der Waals surface area contributed by atoms with Gasteiger partial charge in [0.15, 0.2) is 5.60 Å². The maximum Gasteiger partial charge on any atom is 0.417 e. The number of benzene rings is 1. The van der Waals surface area contributed by atoms with Crippen LogP contribution in [0, 0.1) is 5.82 Å². The van der Waals surface area contributed by atoms with E-state index in [4.69, 9.17) is 4.74 Å². The highest BCUT2D eigenvalue weighted by Gasteiger charge is 2.56. The number of methoxy groups -OCH3 is 1. The minimum Gasteiger partial charge on any atom is -0.496 e. The Hall–Kier alpha value is -2.23. The van der Waals surface area contributed by atoms with E-state index in [2.05, 4.69) is 4.98 Å². The van der Waals surface area contributed by atoms with Crippen molar-refractivity contribution in [3.05, 3.63) is 53.1 Å². The first-order valence-corrected chi connectivity index (χ1v) is 8.93. The molecule has 0 aliphatic heterocycles. The van der Waals surface area contributed by atoms with Gasteiger partial charge in [0.1, 0.15) is 11.6 Å². The van der Waals surface area contributed by atoms with Crippen LogP contribution in [0.25, 0.3) is 0 Å². The summed E-state index contributed by atoms with van der Waals surface area (Å²) in [5.41, 5.74) is -5.06. The maximum atomic E-state index is 13.8. The van der Waals surface area contributed by atoms with Gasteiger partial charge in [-0.15, -0.1) is 0 Å². The summed E-state index contributed by atoms with van der Waals surface area (Å²) in [5.74, 6) is -0.533. The van der Waals surface area contributed by atoms with Gasteiger partial charge in [-0.05, 0) is 42.2 Å². The first kappa shape index (κ1) is 24.0. The zero-order valence-corrected chi connectivity index (χ0v) is 16.5. The lowest BCUT2D eigenvalue weighted by molar-refractivity contribution is -0.266. The van der Waals surface area contributed by atoms with Crippen LogP contribution in [-0.4, -0.2) is 35.2 Å². The number of alkyl halides is 6. The number of halogens is 7. The second-order valence-corrected chi connectivity index (χ2v) is 7.91. The first-order valence-electron chi connectivity index (χ1n) is 8.93. The van der Waals surface area contributed by atoms with Gasteiger partial charge in [-0.2, -0.15) is 26.3 Å². The lowest BCUT2D eigenvalue weighted by Crippen LogP contribution is -2.51. The Bertz CT molecular complexity index is 871. The zero-order chi connectivity index (χ0) is 23.0. The highest BCUT2D eigenvalue weighted by Crippen LogP contribution is 2.45. The third-order valence-electron chi connectivity index (χ3n) is 4.83. The molecular formula is C20H22F7NO2. The monoisotopic (exact) mass is 441 g/mol. The summed E-state index contributed by atoms with van der Waals surface area (Å²) in [6, 6.07) is 5.50. The van der Waals surface area contributed by atoms with Crippen molar-refractivity contribution in [1.29, 1.82) is 0 Å². The number of aromatic amines is 1. The maximum absolute atomic E-state index is 13.8. The predicted molar refractivity (Wildman–Crippen MR) is 95.9 cm³/mol. The second kappa shape index (κ2) is 8.13. The molecule has 2 N–H and O–H groups in total. The van der Waals surface area contributed by atoms with Crippen molar-refractivity contribution >= 4 is 0 Å². The van der Waals surface area contributed by atoms with Gasteiger partial charge in [0.05, 0.1) is 13.5 Å². The van der Waals surface area contributed by atoms with Crippen LogP contribution >= 0.6 is 0 Å². The van der Waals surface area contributed by atoms with Gasteiger partial charge < -0.3 is 14.8 Å². The van der Waals surface area contributed by atoms with Gasteiger partial charge in [0.2, 0.25) is 0 Å². The molecule has 1 aromatic carbocycles. The SMILES string of the molecule is COc1ccc(F)cc1C(C)(C)CC(O)(Cc1ccc(CC(F)(F)F)[nH]1)C(F)(F)F. The summed E-state index contributed by atoms with van der Waals surface area (Å²) in [5, 5.41) is 10.6. The van der Waals surface area contributed by atoms with E-state index in [0.717, 1.165) is 24.3 Å². The molecule has 2 rings (SSSR count). The van der Waals surface area contributed by atoms with E-state index in [1.807, 2.05) is 0 Å².